The third kappa shape index (κ3) is 8.53. The van der Waals surface area contributed by atoms with Crippen molar-refractivity contribution in [2.24, 2.45) is 5.92 Å². The van der Waals surface area contributed by atoms with Gasteiger partial charge < -0.3 is 10.1 Å². The van der Waals surface area contributed by atoms with E-state index in [0.29, 0.717) is 11.8 Å². The number of hydrogen-bond donors (Lipinski definition) is 1. The lowest BCUT2D eigenvalue weighted by Crippen LogP contribution is -2.11. The molecule has 120 valence electrons. The number of ether oxygens (including phenoxy) is 1. The van der Waals surface area contributed by atoms with Gasteiger partial charge in [-0.2, -0.15) is 4.98 Å². The van der Waals surface area contributed by atoms with Crippen molar-refractivity contribution < 1.29 is 4.74 Å². The summed E-state index contributed by atoms with van der Waals surface area (Å²) in [6, 6.07) is 1.87. The van der Waals surface area contributed by atoms with Gasteiger partial charge in [-0.1, -0.05) is 39.5 Å². The van der Waals surface area contributed by atoms with E-state index in [1.54, 1.807) is 0 Å². The van der Waals surface area contributed by atoms with Crippen molar-refractivity contribution in [2.45, 2.75) is 72.8 Å². The first-order chi connectivity index (χ1) is 9.97. The molecule has 0 saturated carbocycles. The van der Waals surface area contributed by atoms with Crippen molar-refractivity contribution in [1.82, 2.24) is 9.97 Å². The molecule has 1 heterocycles. The van der Waals surface area contributed by atoms with E-state index in [2.05, 4.69) is 29.1 Å². The molecular formula is C17H31N3O. The molecule has 1 rings (SSSR count). The Hall–Kier alpha value is -1.32. The molecule has 1 N–H and O–H groups in total. The maximum Gasteiger partial charge on any atom is 0.226 e. The normalized spacial score (nSPS) is 11.2. The maximum atomic E-state index is 5.63. The molecule has 1 aromatic heterocycles. The van der Waals surface area contributed by atoms with Crippen LogP contribution in [0.25, 0.3) is 0 Å². The van der Waals surface area contributed by atoms with Crippen molar-refractivity contribution in [1.29, 1.82) is 0 Å². The zero-order valence-corrected chi connectivity index (χ0v) is 14.3. The molecule has 0 fully saturated rings. The summed E-state index contributed by atoms with van der Waals surface area (Å²) in [5.74, 6) is 2.15. The van der Waals surface area contributed by atoms with Crippen molar-refractivity contribution in [3.05, 3.63) is 11.8 Å². The van der Waals surface area contributed by atoms with Gasteiger partial charge in [0.25, 0.3) is 0 Å². The van der Waals surface area contributed by atoms with Gasteiger partial charge in [-0.05, 0) is 33.1 Å². The number of anilines is 1. The van der Waals surface area contributed by atoms with Gasteiger partial charge in [0, 0.05) is 18.3 Å². The first-order valence-corrected chi connectivity index (χ1v) is 8.23. The lowest BCUT2D eigenvalue weighted by atomic mass is 10.0. The van der Waals surface area contributed by atoms with Gasteiger partial charge in [0.2, 0.25) is 11.8 Å². The van der Waals surface area contributed by atoms with Gasteiger partial charge >= 0.3 is 0 Å². The van der Waals surface area contributed by atoms with Crippen LogP contribution in [0.1, 0.15) is 65.5 Å². The third-order valence-electron chi connectivity index (χ3n) is 3.18. The average Bonchev–Trinajstić information content (AvgIpc) is 2.35. The number of aryl methyl sites for hydroxylation is 1. The third-order valence-corrected chi connectivity index (χ3v) is 3.18. The average molecular weight is 293 g/mol. The second kappa shape index (κ2) is 9.59. The molecule has 0 amide bonds. The van der Waals surface area contributed by atoms with E-state index in [9.17, 15) is 0 Å². The second-order valence-corrected chi connectivity index (χ2v) is 6.36. The van der Waals surface area contributed by atoms with Gasteiger partial charge in [-0.15, -0.1) is 0 Å². The Kier molecular flexibility index (Phi) is 8.09. The second-order valence-electron chi connectivity index (χ2n) is 6.36. The fraction of sp³-hybridized carbons (Fsp3) is 0.765. The van der Waals surface area contributed by atoms with Gasteiger partial charge in [-0.3, -0.25) is 0 Å². The lowest BCUT2D eigenvalue weighted by Gasteiger charge is -2.11. The predicted octanol–water partition coefficient (Wildman–Crippen LogP) is 4.59. The molecule has 0 aliphatic rings. The molecule has 0 atom stereocenters. The molecule has 0 unspecified atom stereocenters. The van der Waals surface area contributed by atoms with Gasteiger partial charge in [0.05, 0.1) is 6.10 Å². The van der Waals surface area contributed by atoms with Crippen LogP contribution in [-0.4, -0.2) is 22.6 Å². The Morgan fingerprint density at radius 1 is 1.05 bits per heavy atom. The van der Waals surface area contributed by atoms with E-state index in [1.807, 2.05) is 26.8 Å². The fourth-order valence-corrected chi connectivity index (χ4v) is 2.15. The van der Waals surface area contributed by atoms with Crippen LogP contribution in [0.15, 0.2) is 6.07 Å². The Balaban J connectivity index is 2.27. The van der Waals surface area contributed by atoms with E-state index in [0.717, 1.165) is 24.6 Å². The van der Waals surface area contributed by atoms with Crippen LogP contribution in [-0.2, 0) is 0 Å². The van der Waals surface area contributed by atoms with E-state index < -0.39 is 0 Å². The van der Waals surface area contributed by atoms with Crippen molar-refractivity contribution in [2.75, 3.05) is 11.9 Å². The molecular weight excluding hydrogens is 262 g/mol. The van der Waals surface area contributed by atoms with Crippen LogP contribution in [0.3, 0.4) is 0 Å². The Labute approximate surface area is 129 Å². The molecule has 0 radical (unpaired) electrons. The summed E-state index contributed by atoms with van der Waals surface area (Å²) >= 11 is 0. The van der Waals surface area contributed by atoms with Gasteiger partial charge in [0.15, 0.2) is 0 Å². The lowest BCUT2D eigenvalue weighted by molar-refractivity contribution is 0.232. The van der Waals surface area contributed by atoms with E-state index in [1.165, 1.54) is 25.7 Å². The molecule has 0 aliphatic heterocycles. The number of rotatable bonds is 10. The van der Waals surface area contributed by atoms with Crippen molar-refractivity contribution in [3.63, 3.8) is 0 Å². The highest BCUT2D eigenvalue weighted by atomic mass is 16.5. The summed E-state index contributed by atoms with van der Waals surface area (Å²) < 4.78 is 5.63. The highest BCUT2D eigenvalue weighted by molar-refractivity contribution is 5.30. The minimum absolute atomic E-state index is 0.133. The minimum atomic E-state index is 0.133. The zero-order chi connectivity index (χ0) is 15.7. The number of aromatic nitrogens is 2. The van der Waals surface area contributed by atoms with Crippen molar-refractivity contribution in [3.8, 4) is 5.88 Å². The summed E-state index contributed by atoms with van der Waals surface area (Å²) in [7, 11) is 0. The first kappa shape index (κ1) is 17.7. The highest BCUT2D eigenvalue weighted by Gasteiger charge is 2.04. The number of nitrogens with one attached hydrogen (secondary N) is 1. The Bertz CT molecular complexity index is 405. The maximum absolute atomic E-state index is 5.63. The molecule has 4 nitrogen and oxygen atoms in total. The zero-order valence-electron chi connectivity index (χ0n) is 14.3. The quantitative estimate of drug-likeness (QED) is 0.641. The van der Waals surface area contributed by atoms with Gasteiger partial charge in [0.1, 0.15) is 0 Å². The van der Waals surface area contributed by atoms with E-state index >= 15 is 0 Å². The molecule has 1 aromatic rings. The summed E-state index contributed by atoms with van der Waals surface area (Å²) in [6.07, 6.45) is 6.55. The highest BCUT2D eigenvalue weighted by Crippen LogP contribution is 2.14. The summed E-state index contributed by atoms with van der Waals surface area (Å²) in [4.78, 5) is 8.78. The van der Waals surface area contributed by atoms with E-state index in [4.69, 9.17) is 4.74 Å². The fourth-order valence-electron chi connectivity index (χ4n) is 2.15. The van der Waals surface area contributed by atoms with Gasteiger partial charge in [-0.25, -0.2) is 4.98 Å². The SMILES string of the molecule is Cc1cc(OC(C)C)nc(NCCCCCCC(C)C)n1. The van der Waals surface area contributed by atoms with E-state index in [-0.39, 0.29) is 6.10 Å². The van der Waals surface area contributed by atoms with Crippen LogP contribution < -0.4 is 10.1 Å². The number of hydrogen-bond acceptors (Lipinski definition) is 4. The van der Waals surface area contributed by atoms with Crippen LogP contribution in [0, 0.1) is 12.8 Å². The van der Waals surface area contributed by atoms with Crippen LogP contribution in [0.2, 0.25) is 0 Å². The summed E-state index contributed by atoms with van der Waals surface area (Å²) in [5.41, 5.74) is 0.931. The molecule has 4 heteroatoms. The standard InChI is InChI=1S/C17H31N3O/c1-13(2)10-8-6-7-9-11-18-17-19-15(5)12-16(20-17)21-14(3)4/h12-14H,6-11H2,1-5H3,(H,18,19,20). The van der Waals surface area contributed by atoms with Crippen LogP contribution in [0.4, 0.5) is 5.95 Å². The predicted molar refractivity (Wildman–Crippen MR) is 88.9 cm³/mol. The molecule has 0 spiro atoms. The molecule has 0 bridgehead atoms. The minimum Gasteiger partial charge on any atom is -0.475 e. The number of nitrogens with zero attached hydrogens (tertiary/aromatic N) is 2. The van der Waals surface area contributed by atoms with Crippen molar-refractivity contribution >= 4 is 5.95 Å². The summed E-state index contributed by atoms with van der Waals surface area (Å²) in [5, 5.41) is 3.30. The van der Waals surface area contributed by atoms with Crippen LogP contribution >= 0.6 is 0 Å². The van der Waals surface area contributed by atoms with Crippen LogP contribution in [0.5, 0.6) is 5.88 Å². The summed E-state index contributed by atoms with van der Waals surface area (Å²) in [6.45, 7) is 11.5. The molecule has 0 aromatic carbocycles. The topological polar surface area (TPSA) is 47.0 Å². The Morgan fingerprint density at radius 2 is 1.76 bits per heavy atom. The molecule has 0 saturated heterocycles. The Morgan fingerprint density at radius 3 is 2.43 bits per heavy atom. The monoisotopic (exact) mass is 293 g/mol. The largest absolute Gasteiger partial charge is 0.475 e. The molecule has 0 aliphatic carbocycles. The smallest absolute Gasteiger partial charge is 0.226 e. The molecule has 21 heavy (non-hydrogen) atoms. The first-order valence-electron chi connectivity index (χ1n) is 8.23. The number of unbranched alkanes of at least 4 members (excludes halogenated alkanes) is 3.